The van der Waals surface area contributed by atoms with Crippen LogP contribution in [0.3, 0.4) is 0 Å². The Balaban J connectivity index is 1.75. The second kappa shape index (κ2) is 7.71. The Hall–Kier alpha value is -2.00. The lowest BCUT2D eigenvalue weighted by molar-refractivity contribution is -0.152. The van der Waals surface area contributed by atoms with Gasteiger partial charge in [0.1, 0.15) is 5.82 Å². The Kier molecular flexibility index (Phi) is 5.89. The number of carbonyl (C=O) groups excluding carboxylic acids is 2. The molecule has 0 unspecified atom stereocenters. The molecule has 0 spiro atoms. The summed E-state index contributed by atoms with van der Waals surface area (Å²) in [5.41, 5.74) is 0.402. The largest absolute Gasteiger partial charge is 0.455 e. The van der Waals surface area contributed by atoms with E-state index >= 15 is 0 Å². The topological polar surface area (TPSA) is 92.8 Å². The molecule has 0 bridgehead atoms. The van der Waals surface area contributed by atoms with Gasteiger partial charge in [-0.05, 0) is 37.1 Å². The molecular formula is C15H19FN2O5S. The first-order chi connectivity index (χ1) is 11.3. The van der Waals surface area contributed by atoms with Gasteiger partial charge in [-0.15, -0.1) is 0 Å². The summed E-state index contributed by atoms with van der Waals surface area (Å²) in [5.74, 6) is -1.87. The van der Waals surface area contributed by atoms with Crippen LogP contribution in [0.15, 0.2) is 24.3 Å². The fraction of sp³-hybridized carbons (Fsp3) is 0.467. The number of benzene rings is 1. The van der Waals surface area contributed by atoms with Crippen molar-refractivity contribution in [1.82, 2.24) is 4.31 Å². The third kappa shape index (κ3) is 5.27. The van der Waals surface area contributed by atoms with Crippen LogP contribution in [0.5, 0.6) is 0 Å². The number of nitrogens with one attached hydrogen (secondary N) is 1. The first-order valence-corrected chi connectivity index (χ1v) is 9.28. The number of carbonyl (C=O) groups is 2. The minimum atomic E-state index is -3.25. The first-order valence-electron chi connectivity index (χ1n) is 7.43. The Bertz CT molecular complexity index is 697. The molecule has 0 aliphatic carbocycles. The predicted octanol–water partition coefficient (Wildman–Crippen LogP) is 0.979. The second-order valence-corrected chi connectivity index (χ2v) is 7.58. The molecule has 1 amide bonds. The molecule has 2 rings (SSSR count). The van der Waals surface area contributed by atoms with E-state index in [9.17, 15) is 22.4 Å². The number of anilines is 1. The summed E-state index contributed by atoms with van der Waals surface area (Å²) in [6.45, 7) is 0.0866. The van der Waals surface area contributed by atoms with Crippen LogP contribution in [0.4, 0.5) is 10.1 Å². The normalized spacial score (nSPS) is 16.6. The molecule has 1 saturated heterocycles. The van der Waals surface area contributed by atoms with Crippen LogP contribution in [0, 0.1) is 11.7 Å². The Morgan fingerprint density at radius 3 is 2.38 bits per heavy atom. The number of esters is 1. The summed E-state index contributed by atoms with van der Waals surface area (Å²) in [6, 6.07) is 5.21. The van der Waals surface area contributed by atoms with E-state index in [0.717, 1.165) is 6.26 Å². The zero-order valence-electron chi connectivity index (χ0n) is 13.2. The van der Waals surface area contributed by atoms with E-state index in [1.807, 2.05) is 0 Å². The van der Waals surface area contributed by atoms with Crippen molar-refractivity contribution in [2.75, 3.05) is 31.3 Å². The highest BCUT2D eigenvalue weighted by atomic mass is 32.2. The van der Waals surface area contributed by atoms with Gasteiger partial charge in [-0.3, -0.25) is 9.59 Å². The minimum Gasteiger partial charge on any atom is -0.455 e. The van der Waals surface area contributed by atoms with E-state index in [1.165, 1.54) is 28.6 Å². The van der Waals surface area contributed by atoms with Crippen molar-refractivity contribution in [2.24, 2.45) is 5.92 Å². The molecule has 0 aromatic heterocycles. The number of piperidine rings is 1. The SMILES string of the molecule is CS(=O)(=O)N1CCC(C(=O)OCC(=O)Nc2ccc(F)cc2)CC1. The van der Waals surface area contributed by atoms with Crippen molar-refractivity contribution < 1.29 is 27.1 Å². The maximum atomic E-state index is 12.8. The molecule has 0 radical (unpaired) electrons. The van der Waals surface area contributed by atoms with Crippen molar-refractivity contribution >= 4 is 27.6 Å². The van der Waals surface area contributed by atoms with Crippen molar-refractivity contribution in [3.05, 3.63) is 30.1 Å². The average molecular weight is 358 g/mol. The van der Waals surface area contributed by atoms with E-state index in [4.69, 9.17) is 4.74 Å². The third-order valence-corrected chi connectivity index (χ3v) is 5.03. The number of amides is 1. The van der Waals surface area contributed by atoms with Crippen molar-refractivity contribution in [1.29, 1.82) is 0 Å². The van der Waals surface area contributed by atoms with E-state index in [0.29, 0.717) is 18.5 Å². The van der Waals surface area contributed by atoms with Gasteiger partial charge in [-0.2, -0.15) is 0 Å². The summed E-state index contributed by atoms with van der Waals surface area (Å²) in [6.07, 6.45) is 1.86. The molecule has 1 aliphatic heterocycles. The Morgan fingerprint density at radius 2 is 1.83 bits per heavy atom. The number of hydrogen-bond acceptors (Lipinski definition) is 5. The van der Waals surface area contributed by atoms with Crippen LogP contribution < -0.4 is 5.32 Å². The summed E-state index contributed by atoms with van der Waals surface area (Å²) in [4.78, 5) is 23.6. The molecular weight excluding hydrogens is 339 g/mol. The van der Waals surface area contributed by atoms with Gasteiger partial charge in [-0.1, -0.05) is 0 Å². The smallest absolute Gasteiger partial charge is 0.309 e. The molecule has 1 aliphatic rings. The fourth-order valence-corrected chi connectivity index (χ4v) is 3.28. The highest BCUT2D eigenvalue weighted by Gasteiger charge is 2.30. The van der Waals surface area contributed by atoms with Crippen molar-refractivity contribution in [3.63, 3.8) is 0 Å². The van der Waals surface area contributed by atoms with Crippen LogP contribution in [-0.4, -0.2) is 50.6 Å². The molecule has 1 heterocycles. The number of sulfonamides is 1. The quantitative estimate of drug-likeness (QED) is 0.792. The Labute approximate surface area is 139 Å². The number of hydrogen-bond donors (Lipinski definition) is 1. The number of nitrogens with zero attached hydrogens (tertiary/aromatic N) is 1. The maximum Gasteiger partial charge on any atom is 0.309 e. The molecule has 9 heteroatoms. The summed E-state index contributed by atoms with van der Waals surface area (Å²) in [5, 5.41) is 2.48. The average Bonchev–Trinajstić information content (AvgIpc) is 2.54. The van der Waals surface area contributed by atoms with E-state index in [-0.39, 0.29) is 13.1 Å². The number of rotatable bonds is 5. The van der Waals surface area contributed by atoms with Gasteiger partial charge < -0.3 is 10.1 Å². The lowest BCUT2D eigenvalue weighted by atomic mass is 9.98. The molecule has 7 nitrogen and oxygen atoms in total. The summed E-state index contributed by atoms with van der Waals surface area (Å²) in [7, 11) is -3.25. The molecule has 132 valence electrons. The fourth-order valence-electron chi connectivity index (χ4n) is 2.41. The molecule has 1 aromatic carbocycles. The van der Waals surface area contributed by atoms with E-state index < -0.39 is 40.2 Å². The van der Waals surface area contributed by atoms with Gasteiger partial charge in [0, 0.05) is 18.8 Å². The molecule has 1 fully saturated rings. The number of ether oxygens (including phenoxy) is 1. The first kappa shape index (κ1) is 18.3. The van der Waals surface area contributed by atoms with Gasteiger partial charge >= 0.3 is 5.97 Å². The van der Waals surface area contributed by atoms with Gasteiger partial charge in [0.25, 0.3) is 5.91 Å². The van der Waals surface area contributed by atoms with Crippen molar-refractivity contribution in [3.8, 4) is 0 Å². The molecule has 1 aromatic rings. The van der Waals surface area contributed by atoms with Gasteiger partial charge in [0.2, 0.25) is 10.0 Å². The van der Waals surface area contributed by atoms with Crippen molar-refractivity contribution in [2.45, 2.75) is 12.8 Å². The monoisotopic (exact) mass is 358 g/mol. The van der Waals surface area contributed by atoms with Crippen LogP contribution >= 0.6 is 0 Å². The number of halogens is 1. The zero-order valence-corrected chi connectivity index (χ0v) is 14.0. The lowest BCUT2D eigenvalue weighted by Gasteiger charge is -2.28. The second-order valence-electron chi connectivity index (χ2n) is 5.60. The van der Waals surface area contributed by atoms with E-state index in [1.54, 1.807) is 0 Å². The predicted molar refractivity (Wildman–Crippen MR) is 85.1 cm³/mol. The summed E-state index contributed by atoms with van der Waals surface area (Å²) >= 11 is 0. The lowest BCUT2D eigenvalue weighted by Crippen LogP contribution is -2.40. The standard InChI is InChI=1S/C15H19FN2O5S/c1-24(21,22)18-8-6-11(7-9-18)15(20)23-10-14(19)17-13-4-2-12(16)3-5-13/h2-5,11H,6-10H2,1H3,(H,17,19). The molecule has 24 heavy (non-hydrogen) atoms. The van der Waals surface area contributed by atoms with Gasteiger partial charge in [0.15, 0.2) is 6.61 Å². The third-order valence-electron chi connectivity index (χ3n) is 3.73. The maximum absolute atomic E-state index is 12.8. The summed E-state index contributed by atoms with van der Waals surface area (Å²) < 4.78 is 41.9. The van der Waals surface area contributed by atoms with Gasteiger partial charge in [-0.25, -0.2) is 17.1 Å². The highest BCUT2D eigenvalue weighted by Crippen LogP contribution is 2.20. The van der Waals surface area contributed by atoms with Crippen LogP contribution in [0.1, 0.15) is 12.8 Å². The Morgan fingerprint density at radius 1 is 1.25 bits per heavy atom. The molecule has 1 N–H and O–H groups in total. The van der Waals surface area contributed by atoms with Crippen LogP contribution in [0.25, 0.3) is 0 Å². The highest BCUT2D eigenvalue weighted by molar-refractivity contribution is 7.88. The zero-order chi connectivity index (χ0) is 17.7. The van der Waals surface area contributed by atoms with Crippen LogP contribution in [0.2, 0.25) is 0 Å². The molecule has 0 atom stereocenters. The van der Waals surface area contributed by atoms with Gasteiger partial charge in [0.05, 0.1) is 12.2 Å². The molecule has 0 saturated carbocycles. The van der Waals surface area contributed by atoms with E-state index in [2.05, 4.69) is 5.32 Å². The van der Waals surface area contributed by atoms with Crippen LogP contribution in [-0.2, 0) is 24.3 Å². The minimum absolute atomic E-state index is 0.264.